The van der Waals surface area contributed by atoms with E-state index in [-0.39, 0.29) is 0 Å². The van der Waals surface area contributed by atoms with E-state index in [1.165, 1.54) is 0 Å². The number of aryl methyl sites for hydroxylation is 1. The third-order valence-corrected chi connectivity index (χ3v) is 3.92. The molecule has 2 aromatic rings. The molecule has 1 aliphatic rings. The van der Waals surface area contributed by atoms with Gasteiger partial charge in [-0.1, -0.05) is 16.7 Å². The number of nitrogens with zero attached hydrogens (tertiary/aromatic N) is 5. The lowest BCUT2D eigenvalue weighted by Gasteiger charge is -2.26. The van der Waals surface area contributed by atoms with Crippen LogP contribution in [0.1, 0.15) is 0 Å². The maximum absolute atomic E-state index is 5.40. The van der Waals surface area contributed by atoms with Gasteiger partial charge in [-0.05, 0) is 6.26 Å². The lowest BCUT2D eigenvalue weighted by molar-refractivity contribution is -0.689. The Morgan fingerprint density at radius 2 is 2.00 bits per heavy atom. The molecule has 0 saturated carbocycles. The van der Waals surface area contributed by atoms with Gasteiger partial charge in [-0.25, -0.2) is 9.55 Å². The largest absolute Gasteiger partial charge is 0.378 e. The highest BCUT2D eigenvalue weighted by atomic mass is 32.2. The quantitative estimate of drug-likeness (QED) is 0.450. The van der Waals surface area contributed by atoms with Gasteiger partial charge in [-0.2, -0.15) is 0 Å². The lowest BCUT2D eigenvalue weighted by atomic mass is 10.3. The van der Waals surface area contributed by atoms with Gasteiger partial charge in [0.15, 0.2) is 5.52 Å². The predicted octanol–water partition coefficient (Wildman–Crippen LogP) is 0.408. The molecule has 0 unspecified atom stereocenters. The number of aromatic nitrogens is 4. The summed E-state index contributed by atoms with van der Waals surface area (Å²) >= 11 is 1.61. The van der Waals surface area contributed by atoms with E-state index in [0.717, 1.165) is 48.4 Å². The van der Waals surface area contributed by atoms with Crippen molar-refractivity contribution in [2.24, 2.45) is 7.05 Å². The fraction of sp³-hybridized carbons (Fsp3) is 0.500. The van der Waals surface area contributed by atoms with Crippen molar-refractivity contribution in [1.29, 1.82) is 0 Å². The Hall–Kier alpha value is -1.47. The van der Waals surface area contributed by atoms with Crippen molar-refractivity contribution >= 4 is 28.7 Å². The summed E-state index contributed by atoms with van der Waals surface area (Å²) in [6.07, 6.45) is 5.45. The van der Waals surface area contributed by atoms with Crippen LogP contribution < -0.4 is 9.47 Å². The molecule has 0 atom stereocenters. The molecule has 0 aliphatic carbocycles. The van der Waals surface area contributed by atoms with Crippen molar-refractivity contribution in [1.82, 2.24) is 15.0 Å². The van der Waals surface area contributed by atoms with Crippen molar-refractivity contribution in [2.75, 3.05) is 37.5 Å². The van der Waals surface area contributed by atoms with Crippen LogP contribution >= 0.6 is 11.8 Å². The molecule has 0 N–H and O–H groups in total. The van der Waals surface area contributed by atoms with Crippen LogP contribution in [0.15, 0.2) is 17.6 Å². The fourth-order valence-corrected chi connectivity index (χ4v) is 2.76. The van der Waals surface area contributed by atoms with Crippen LogP contribution in [-0.4, -0.2) is 47.5 Å². The van der Waals surface area contributed by atoms with Crippen LogP contribution in [-0.2, 0) is 11.8 Å². The minimum absolute atomic E-state index is 0.735. The van der Waals surface area contributed by atoms with Crippen LogP contribution in [0.25, 0.3) is 11.2 Å². The maximum Gasteiger partial charge on any atom is 0.300 e. The first kappa shape index (κ1) is 12.6. The summed E-state index contributed by atoms with van der Waals surface area (Å²) in [4.78, 5) is 15.8. The van der Waals surface area contributed by atoms with Crippen LogP contribution in [0.2, 0.25) is 0 Å². The van der Waals surface area contributed by atoms with E-state index in [9.17, 15) is 0 Å². The summed E-state index contributed by atoms with van der Waals surface area (Å²) in [5.41, 5.74) is 1.72. The van der Waals surface area contributed by atoms with E-state index in [1.54, 1.807) is 24.2 Å². The molecule has 0 spiro atoms. The zero-order valence-corrected chi connectivity index (χ0v) is 11.9. The minimum Gasteiger partial charge on any atom is -0.378 e. The summed E-state index contributed by atoms with van der Waals surface area (Å²) in [5.74, 6) is 0.911. The number of hydrogen-bond donors (Lipinski definition) is 0. The zero-order valence-electron chi connectivity index (χ0n) is 11.0. The van der Waals surface area contributed by atoms with Crippen LogP contribution in [0.4, 0.5) is 5.82 Å². The van der Waals surface area contributed by atoms with Crippen molar-refractivity contribution in [3.8, 4) is 0 Å². The SMILES string of the molecule is CSc1nc(N2CCOCC2)c2nccnc2[n+]1C. The van der Waals surface area contributed by atoms with E-state index in [1.807, 2.05) is 17.9 Å². The van der Waals surface area contributed by atoms with Gasteiger partial charge >= 0.3 is 5.16 Å². The van der Waals surface area contributed by atoms with Gasteiger partial charge in [0.2, 0.25) is 5.82 Å². The number of hydrogen-bond acceptors (Lipinski definition) is 6. The van der Waals surface area contributed by atoms with Crippen LogP contribution in [0, 0.1) is 0 Å². The maximum atomic E-state index is 5.40. The van der Waals surface area contributed by atoms with Gasteiger partial charge < -0.3 is 9.64 Å². The normalized spacial score (nSPS) is 16.0. The lowest BCUT2D eigenvalue weighted by Crippen LogP contribution is -2.40. The number of morpholine rings is 1. The summed E-state index contributed by atoms with van der Waals surface area (Å²) in [6, 6.07) is 0. The molecule has 0 bridgehead atoms. The third-order valence-electron chi connectivity index (χ3n) is 3.19. The molecule has 0 amide bonds. The topological polar surface area (TPSA) is 55.0 Å². The molecule has 2 aromatic heterocycles. The molecular formula is C12H16N5OS+. The highest BCUT2D eigenvalue weighted by molar-refractivity contribution is 7.98. The van der Waals surface area contributed by atoms with Crippen molar-refractivity contribution in [3.63, 3.8) is 0 Å². The molecule has 1 fully saturated rings. The molecule has 100 valence electrons. The van der Waals surface area contributed by atoms with E-state index in [0.29, 0.717) is 0 Å². The zero-order chi connectivity index (χ0) is 13.2. The first-order valence-electron chi connectivity index (χ1n) is 6.18. The number of thioether (sulfide) groups is 1. The fourth-order valence-electron chi connectivity index (χ4n) is 2.22. The number of fused-ring (bicyclic) bond motifs is 1. The molecule has 3 heterocycles. The average molecular weight is 278 g/mol. The van der Waals surface area contributed by atoms with Crippen molar-refractivity contribution < 1.29 is 9.30 Å². The smallest absolute Gasteiger partial charge is 0.300 e. The molecule has 0 aromatic carbocycles. The highest BCUT2D eigenvalue weighted by Crippen LogP contribution is 2.22. The first-order valence-corrected chi connectivity index (χ1v) is 7.41. The van der Waals surface area contributed by atoms with Gasteiger partial charge in [-0.15, -0.1) is 4.98 Å². The summed E-state index contributed by atoms with van der Waals surface area (Å²) in [5, 5.41) is 0.939. The molecular weight excluding hydrogens is 262 g/mol. The Kier molecular flexibility index (Phi) is 3.48. The summed E-state index contributed by atoms with van der Waals surface area (Å²) in [6.45, 7) is 3.17. The minimum atomic E-state index is 0.735. The van der Waals surface area contributed by atoms with E-state index in [2.05, 4.69) is 14.9 Å². The molecule has 1 saturated heterocycles. The highest BCUT2D eigenvalue weighted by Gasteiger charge is 2.25. The number of ether oxygens (including phenoxy) is 1. The van der Waals surface area contributed by atoms with Gasteiger partial charge in [0.05, 0.1) is 26.5 Å². The Morgan fingerprint density at radius 1 is 1.26 bits per heavy atom. The second-order valence-corrected chi connectivity index (χ2v) is 5.08. The molecule has 19 heavy (non-hydrogen) atoms. The average Bonchev–Trinajstić information content (AvgIpc) is 2.49. The number of anilines is 1. The molecule has 1 aliphatic heterocycles. The molecule has 7 heteroatoms. The van der Waals surface area contributed by atoms with E-state index >= 15 is 0 Å². The van der Waals surface area contributed by atoms with E-state index < -0.39 is 0 Å². The monoisotopic (exact) mass is 278 g/mol. The second-order valence-electron chi connectivity index (χ2n) is 4.31. The Labute approximate surface area is 115 Å². The van der Waals surface area contributed by atoms with Gasteiger partial charge in [0.25, 0.3) is 5.65 Å². The molecule has 6 nitrogen and oxygen atoms in total. The predicted molar refractivity (Wildman–Crippen MR) is 73.3 cm³/mol. The van der Waals surface area contributed by atoms with Crippen LogP contribution in [0.3, 0.4) is 0 Å². The number of rotatable bonds is 2. The van der Waals surface area contributed by atoms with Crippen LogP contribution in [0.5, 0.6) is 0 Å². The molecule has 0 radical (unpaired) electrons. The van der Waals surface area contributed by atoms with Crippen molar-refractivity contribution in [3.05, 3.63) is 12.4 Å². The molecule has 3 rings (SSSR count). The third kappa shape index (κ3) is 2.23. The second kappa shape index (κ2) is 5.26. The van der Waals surface area contributed by atoms with Crippen molar-refractivity contribution in [2.45, 2.75) is 5.16 Å². The summed E-state index contributed by atoms with van der Waals surface area (Å²) < 4.78 is 7.38. The Morgan fingerprint density at radius 3 is 2.74 bits per heavy atom. The summed E-state index contributed by atoms with van der Waals surface area (Å²) in [7, 11) is 1.97. The Bertz CT molecular complexity index is 600. The standard InChI is InChI=1S/C12H16N5OS/c1-16-10-9(13-3-4-14-10)11(15-12(16)19-2)17-5-7-18-8-6-17/h3-4H,5-8H2,1-2H3/q+1. The van der Waals surface area contributed by atoms with Gasteiger partial charge in [0, 0.05) is 13.1 Å². The first-order chi connectivity index (χ1) is 9.31. The van der Waals surface area contributed by atoms with E-state index in [4.69, 9.17) is 9.72 Å². The van der Waals surface area contributed by atoms with Gasteiger partial charge in [0.1, 0.15) is 6.20 Å². The Balaban J connectivity index is 2.19. The van der Waals surface area contributed by atoms with Gasteiger partial charge in [-0.3, -0.25) is 0 Å².